The molecular weight excluding hydrogens is 320 g/mol. The van der Waals surface area contributed by atoms with Gasteiger partial charge in [-0.2, -0.15) is 0 Å². The summed E-state index contributed by atoms with van der Waals surface area (Å²) in [6.07, 6.45) is 2.93. The first-order valence-electron chi connectivity index (χ1n) is 8.19. The van der Waals surface area contributed by atoms with Gasteiger partial charge < -0.3 is 20.1 Å². The van der Waals surface area contributed by atoms with Crippen molar-refractivity contribution >= 4 is 11.7 Å². The Morgan fingerprint density at radius 2 is 2.00 bits per heavy atom. The fraction of sp³-hybridized carbons (Fsp3) is 0.389. The number of hydrogen-bond acceptors (Lipinski definition) is 6. The molecule has 0 spiro atoms. The predicted molar refractivity (Wildman–Crippen MR) is 96.0 cm³/mol. The molecule has 1 heterocycles. The van der Waals surface area contributed by atoms with Crippen LogP contribution in [0, 0.1) is 0 Å². The zero-order valence-corrected chi connectivity index (χ0v) is 14.6. The summed E-state index contributed by atoms with van der Waals surface area (Å²) in [6.45, 7) is 1.83. The molecule has 0 saturated carbocycles. The summed E-state index contributed by atoms with van der Waals surface area (Å²) in [5.74, 6) is 1.27. The van der Waals surface area contributed by atoms with Crippen LogP contribution in [0.1, 0.15) is 22.5 Å². The molecule has 0 unspecified atom stereocenters. The minimum atomic E-state index is -0.216. The van der Waals surface area contributed by atoms with Crippen molar-refractivity contribution in [2.45, 2.75) is 12.8 Å². The van der Waals surface area contributed by atoms with Gasteiger partial charge >= 0.3 is 0 Å². The van der Waals surface area contributed by atoms with Gasteiger partial charge in [-0.05, 0) is 24.5 Å². The average molecular weight is 344 g/mol. The molecule has 2 aromatic rings. The fourth-order valence-corrected chi connectivity index (χ4v) is 2.32. The van der Waals surface area contributed by atoms with E-state index in [9.17, 15) is 4.79 Å². The highest BCUT2D eigenvalue weighted by Crippen LogP contribution is 2.17. The summed E-state index contributed by atoms with van der Waals surface area (Å²) in [4.78, 5) is 20.2. The van der Waals surface area contributed by atoms with Crippen LogP contribution in [-0.2, 0) is 11.2 Å². The van der Waals surface area contributed by atoms with E-state index in [0.717, 1.165) is 24.2 Å². The molecule has 0 fully saturated rings. The summed E-state index contributed by atoms with van der Waals surface area (Å²) in [5.41, 5.74) is 1.45. The number of methoxy groups -OCH3 is 2. The number of para-hydroxylation sites is 1. The monoisotopic (exact) mass is 344 g/mol. The minimum absolute atomic E-state index is 0.216. The standard InChI is InChI=1S/C18H24N4O3/c1-24-11-5-9-20-18(23)15-12-17(22-13-21-15)19-10-8-14-6-3-4-7-16(14)25-2/h3-4,6-7,12-13H,5,8-11H2,1-2H3,(H,20,23)(H,19,21,22). The first kappa shape index (κ1) is 18.7. The number of carbonyl (C=O) groups is 1. The third-order valence-electron chi connectivity index (χ3n) is 3.60. The zero-order chi connectivity index (χ0) is 17.9. The maximum atomic E-state index is 12.1. The molecule has 0 radical (unpaired) electrons. The van der Waals surface area contributed by atoms with Crippen LogP contribution >= 0.6 is 0 Å². The highest BCUT2D eigenvalue weighted by molar-refractivity contribution is 5.92. The number of anilines is 1. The number of aromatic nitrogens is 2. The molecule has 1 aromatic heterocycles. The normalized spacial score (nSPS) is 10.3. The number of rotatable bonds is 10. The van der Waals surface area contributed by atoms with E-state index < -0.39 is 0 Å². The molecule has 7 heteroatoms. The molecular formula is C18H24N4O3. The van der Waals surface area contributed by atoms with E-state index in [4.69, 9.17) is 9.47 Å². The second-order valence-corrected chi connectivity index (χ2v) is 5.38. The summed E-state index contributed by atoms with van der Waals surface area (Å²) < 4.78 is 10.3. The van der Waals surface area contributed by atoms with E-state index in [0.29, 0.717) is 31.2 Å². The lowest BCUT2D eigenvalue weighted by molar-refractivity contribution is 0.0943. The largest absolute Gasteiger partial charge is 0.496 e. The van der Waals surface area contributed by atoms with Crippen LogP contribution in [0.15, 0.2) is 36.7 Å². The Morgan fingerprint density at radius 3 is 2.80 bits per heavy atom. The Labute approximate surface area is 147 Å². The molecule has 0 aliphatic heterocycles. The number of hydrogen-bond donors (Lipinski definition) is 2. The summed E-state index contributed by atoms with van der Waals surface area (Å²) >= 11 is 0. The van der Waals surface area contributed by atoms with Gasteiger partial charge in [0.1, 0.15) is 23.6 Å². The highest BCUT2D eigenvalue weighted by Gasteiger charge is 2.08. The first-order chi connectivity index (χ1) is 12.2. The van der Waals surface area contributed by atoms with Crippen LogP contribution in [0.25, 0.3) is 0 Å². The molecule has 0 aliphatic carbocycles. The third-order valence-corrected chi connectivity index (χ3v) is 3.60. The lowest BCUT2D eigenvalue weighted by atomic mass is 10.1. The van der Waals surface area contributed by atoms with Gasteiger partial charge in [0.2, 0.25) is 0 Å². The number of benzene rings is 1. The Balaban J connectivity index is 1.85. The van der Waals surface area contributed by atoms with Gasteiger partial charge in [-0.15, -0.1) is 0 Å². The predicted octanol–water partition coefficient (Wildman–Crippen LogP) is 1.91. The molecule has 1 amide bonds. The van der Waals surface area contributed by atoms with Gasteiger partial charge in [0.05, 0.1) is 7.11 Å². The Bertz CT molecular complexity index is 679. The topological polar surface area (TPSA) is 85.4 Å². The molecule has 134 valence electrons. The SMILES string of the molecule is COCCCNC(=O)c1cc(NCCc2ccccc2OC)ncn1. The second kappa shape index (κ2) is 10.2. The maximum Gasteiger partial charge on any atom is 0.270 e. The van der Waals surface area contributed by atoms with Gasteiger partial charge in [-0.1, -0.05) is 18.2 Å². The van der Waals surface area contributed by atoms with Crippen molar-refractivity contribution in [3.05, 3.63) is 47.9 Å². The van der Waals surface area contributed by atoms with Crippen molar-refractivity contribution in [1.82, 2.24) is 15.3 Å². The van der Waals surface area contributed by atoms with Crippen LogP contribution in [0.5, 0.6) is 5.75 Å². The van der Waals surface area contributed by atoms with E-state index in [-0.39, 0.29) is 5.91 Å². The van der Waals surface area contributed by atoms with Crippen LogP contribution in [0.4, 0.5) is 5.82 Å². The Kier molecular flexibility index (Phi) is 7.65. The number of ether oxygens (including phenoxy) is 2. The van der Waals surface area contributed by atoms with Crippen molar-refractivity contribution in [2.24, 2.45) is 0 Å². The van der Waals surface area contributed by atoms with Crippen molar-refractivity contribution in [2.75, 3.05) is 39.2 Å². The fourth-order valence-electron chi connectivity index (χ4n) is 2.32. The van der Waals surface area contributed by atoms with Gasteiger partial charge in [-0.25, -0.2) is 9.97 Å². The van der Waals surface area contributed by atoms with Crippen molar-refractivity contribution in [1.29, 1.82) is 0 Å². The molecule has 25 heavy (non-hydrogen) atoms. The van der Waals surface area contributed by atoms with Crippen LogP contribution < -0.4 is 15.4 Å². The molecule has 2 rings (SSSR count). The van der Waals surface area contributed by atoms with Crippen molar-refractivity contribution in [3.8, 4) is 5.75 Å². The van der Waals surface area contributed by atoms with E-state index in [2.05, 4.69) is 20.6 Å². The van der Waals surface area contributed by atoms with Crippen LogP contribution in [0.3, 0.4) is 0 Å². The van der Waals surface area contributed by atoms with E-state index in [1.807, 2.05) is 24.3 Å². The van der Waals surface area contributed by atoms with Crippen LogP contribution in [-0.4, -0.2) is 49.8 Å². The number of amides is 1. The summed E-state index contributed by atoms with van der Waals surface area (Å²) in [6, 6.07) is 9.53. The van der Waals surface area contributed by atoms with E-state index in [1.165, 1.54) is 6.33 Å². The lowest BCUT2D eigenvalue weighted by Crippen LogP contribution is -2.26. The molecule has 0 aliphatic rings. The molecule has 7 nitrogen and oxygen atoms in total. The summed E-state index contributed by atoms with van der Waals surface area (Å²) in [5, 5.41) is 6.01. The number of carbonyl (C=O) groups excluding carboxylic acids is 1. The van der Waals surface area contributed by atoms with Gasteiger partial charge in [0, 0.05) is 32.9 Å². The number of nitrogens with zero attached hydrogens (tertiary/aromatic N) is 2. The quantitative estimate of drug-likeness (QED) is 0.641. The van der Waals surface area contributed by atoms with Gasteiger partial charge in [0.15, 0.2) is 0 Å². The first-order valence-corrected chi connectivity index (χ1v) is 8.19. The Hall–Kier alpha value is -2.67. The van der Waals surface area contributed by atoms with E-state index in [1.54, 1.807) is 20.3 Å². The van der Waals surface area contributed by atoms with Crippen LogP contribution in [0.2, 0.25) is 0 Å². The third kappa shape index (κ3) is 6.04. The molecule has 0 atom stereocenters. The second-order valence-electron chi connectivity index (χ2n) is 5.38. The molecule has 2 N–H and O–H groups in total. The minimum Gasteiger partial charge on any atom is -0.496 e. The Morgan fingerprint density at radius 1 is 1.16 bits per heavy atom. The van der Waals surface area contributed by atoms with Crippen molar-refractivity contribution < 1.29 is 14.3 Å². The van der Waals surface area contributed by atoms with Gasteiger partial charge in [-0.3, -0.25) is 4.79 Å². The van der Waals surface area contributed by atoms with Crippen molar-refractivity contribution in [3.63, 3.8) is 0 Å². The zero-order valence-electron chi connectivity index (χ0n) is 14.6. The molecule has 0 bridgehead atoms. The smallest absolute Gasteiger partial charge is 0.270 e. The molecule has 0 saturated heterocycles. The summed E-state index contributed by atoms with van der Waals surface area (Å²) in [7, 11) is 3.30. The van der Waals surface area contributed by atoms with E-state index >= 15 is 0 Å². The molecule has 1 aromatic carbocycles. The number of nitrogens with one attached hydrogen (secondary N) is 2. The average Bonchev–Trinajstić information content (AvgIpc) is 2.65. The lowest BCUT2D eigenvalue weighted by Gasteiger charge is -2.10. The highest BCUT2D eigenvalue weighted by atomic mass is 16.5. The maximum absolute atomic E-state index is 12.1. The van der Waals surface area contributed by atoms with Gasteiger partial charge in [0.25, 0.3) is 5.91 Å².